The number of sulfone groups is 1. The Kier molecular flexibility index (Phi) is 6.20. The Balaban J connectivity index is 2.00. The van der Waals surface area contributed by atoms with Crippen LogP contribution in [0.2, 0.25) is 5.02 Å². The van der Waals surface area contributed by atoms with Gasteiger partial charge in [0.05, 0.1) is 22.3 Å². The van der Waals surface area contributed by atoms with Crippen molar-refractivity contribution in [1.82, 2.24) is 9.78 Å². The minimum atomic E-state index is -3.41. The molecule has 0 N–H and O–H groups in total. The molecular weight excluding hydrogens is 482 g/mol. The Morgan fingerprint density at radius 1 is 0.971 bits per heavy atom. The summed E-state index contributed by atoms with van der Waals surface area (Å²) in [6.07, 6.45) is 4.06. The lowest BCUT2D eigenvalue weighted by Gasteiger charge is -2.14. The number of hydrogen-bond donors (Lipinski definition) is 0. The van der Waals surface area contributed by atoms with Gasteiger partial charge in [0.15, 0.2) is 21.5 Å². The average Bonchev–Trinajstić information content (AvgIpc) is 2.81. The molecule has 0 saturated heterocycles. The highest BCUT2D eigenvalue weighted by Crippen LogP contribution is 2.32. The van der Waals surface area contributed by atoms with Crippen molar-refractivity contribution in [2.24, 2.45) is 0 Å². The maximum Gasteiger partial charge on any atom is 0.280 e. The smallest absolute Gasteiger partial charge is 0.267 e. The minimum absolute atomic E-state index is 0.0435. The molecule has 1 aromatic heterocycles. The number of halogens is 3. The first kappa shape index (κ1) is 23.5. The monoisotopic (exact) mass is 498 g/mol. The molecule has 0 saturated carbocycles. The van der Waals surface area contributed by atoms with Crippen molar-refractivity contribution in [3.8, 4) is 27.9 Å². The fourth-order valence-electron chi connectivity index (χ4n) is 3.49. The standard InChI is InChI=1S/C25H17ClF2N2O3S/c1-3-15-12-17(6-10-21(15)26)24-20(16-4-8-19(9-5-16)34(2,32)33)14-29-30(25(24)31)18-7-11-22(27)23(28)13-18/h3-14H,1H2,2H3. The summed E-state index contributed by atoms with van der Waals surface area (Å²) >= 11 is 6.20. The molecule has 3 aromatic carbocycles. The van der Waals surface area contributed by atoms with Crippen molar-refractivity contribution < 1.29 is 17.2 Å². The third kappa shape index (κ3) is 4.42. The van der Waals surface area contributed by atoms with Crippen LogP contribution < -0.4 is 5.56 Å². The van der Waals surface area contributed by atoms with E-state index >= 15 is 0 Å². The summed E-state index contributed by atoms with van der Waals surface area (Å²) < 4.78 is 51.9. The summed E-state index contributed by atoms with van der Waals surface area (Å²) in [7, 11) is -3.41. The molecule has 1 heterocycles. The first-order valence-electron chi connectivity index (χ1n) is 9.91. The van der Waals surface area contributed by atoms with Gasteiger partial charge in [-0.25, -0.2) is 17.2 Å². The van der Waals surface area contributed by atoms with Gasteiger partial charge >= 0.3 is 0 Å². The van der Waals surface area contributed by atoms with E-state index in [1.165, 1.54) is 24.4 Å². The maximum atomic E-state index is 13.8. The van der Waals surface area contributed by atoms with Crippen LogP contribution in [0, 0.1) is 11.6 Å². The van der Waals surface area contributed by atoms with Crippen LogP contribution in [0.25, 0.3) is 34.0 Å². The van der Waals surface area contributed by atoms with Crippen molar-refractivity contribution in [2.75, 3.05) is 6.26 Å². The van der Waals surface area contributed by atoms with Crippen LogP contribution in [0.4, 0.5) is 8.78 Å². The van der Waals surface area contributed by atoms with Gasteiger partial charge in [0.25, 0.3) is 5.56 Å². The van der Waals surface area contributed by atoms with Crippen molar-refractivity contribution in [2.45, 2.75) is 4.90 Å². The second-order valence-electron chi connectivity index (χ2n) is 7.49. The molecule has 0 unspecified atom stereocenters. The zero-order valence-corrected chi connectivity index (χ0v) is 19.4. The Bertz CT molecular complexity index is 1600. The molecule has 0 aliphatic rings. The largest absolute Gasteiger partial charge is 0.280 e. The molecule has 5 nitrogen and oxygen atoms in total. The number of nitrogens with zero attached hydrogens (tertiary/aromatic N) is 2. The zero-order valence-electron chi connectivity index (χ0n) is 17.8. The third-order valence-corrected chi connectivity index (χ3v) is 6.70. The van der Waals surface area contributed by atoms with E-state index in [0.717, 1.165) is 23.1 Å². The summed E-state index contributed by atoms with van der Waals surface area (Å²) in [5, 5.41) is 4.60. The molecule has 0 radical (unpaired) electrons. The molecule has 0 bridgehead atoms. The molecule has 0 aliphatic carbocycles. The van der Waals surface area contributed by atoms with Crippen LogP contribution in [-0.2, 0) is 9.84 Å². The topological polar surface area (TPSA) is 69.0 Å². The van der Waals surface area contributed by atoms with Gasteiger partial charge in [-0.15, -0.1) is 0 Å². The molecule has 0 aliphatic heterocycles. The minimum Gasteiger partial charge on any atom is -0.267 e. The Hall–Kier alpha value is -3.62. The average molecular weight is 499 g/mol. The van der Waals surface area contributed by atoms with Crippen LogP contribution in [0.3, 0.4) is 0 Å². The fraction of sp³-hybridized carbons (Fsp3) is 0.0400. The maximum absolute atomic E-state index is 13.8. The van der Waals surface area contributed by atoms with Gasteiger partial charge in [-0.3, -0.25) is 4.79 Å². The van der Waals surface area contributed by atoms with E-state index in [2.05, 4.69) is 11.7 Å². The second kappa shape index (κ2) is 8.96. The lowest BCUT2D eigenvalue weighted by Crippen LogP contribution is -2.23. The summed E-state index contributed by atoms with van der Waals surface area (Å²) in [6, 6.07) is 14.0. The van der Waals surface area contributed by atoms with Gasteiger partial charge < -0.3 is 0 Å². The predicted molar refractivity (Wildman–Crippen MR) is 129 cm³/mol. The molecule has 0 atom stereocenters. The van der Waals surface area contributed by atoms with Crippen molar-refractivity contribution >= 4 is 27.5 Å². The van der Waals surface area contributed by atoms with Gasteiger partial charge in [0.2, 0.25) is 0 Å². The quantitative estimate of drug-likeness (QED) is 0.362. The summed E-state index contributed by atoms with van der Waals surface area (Å²) in [5.74, 6) is -2.17. The first-order chi connectivity index (χ1) is 16.1. The predicted octanol–water partition coefficient (Wildman–Crippen LogP) is 5.54. The molecule has 4 aromatic rings. The van der Waals surface area contributed by atoms with Gasteiger partial charge in [-0.2, -0.15) is 9.78 Å². The molecular formula is C25H17ClF2N2O3S. The van der Waals surface area contributed by atoms with Crippen LogP contribution in [0.5, 0.6) is 0 Å². The van der Waals surface area contributed by atoms with E-state index in [0.29, 0.717) is 27.3 Å². The highest BCUT2D eigenvalue weighted by Gasteiger charge is 2.18. The van der Waals surface area contributed by atoms with Gasteiger partial charge in [-0.1, -0.05) is 42.5 Å². The number of benzene rings is 3. The molecule has 172 valence electrons. The molecule has 0 spiro atoms. The van der Waals surface area contributed by atoms with E-state index in [-0.39, 0.29) is 16.1 Å². The number of aromatic nitrogens is 2. The van der Waals surface area contributed by atoms with Crippen molar-refractivity contribution in [3.05, 3.63) is 106 Å². The summed E-state index contributed by atoms with van der Waals surface area (Å²) in [4.78, 5) is 13.7. The van der Waals surface area contributed by atoms with E-state index in [9.17, 15) is 22.0 Å². The molecule has 0 amide bonds. The Labute approximate surface area is 199 Å². The van der Waals surface area contributed by atoms with E-state index in [1.54, 1.807) is 36.4 Å². The highest BCUT2D eigenvalue weighted by atomic mass is 35.5. The third-order valence-electron chi connectivity index (χ3n) is 5.22. The zero-order chi connectivity index (χ0) is 24.6. The summed E-state index contributed by atoms with van der Waals surface area (Å²) in [6.45, 7) is 3.73. The molecule has 4 rings (SSSR count). The van der Waals surface area contributed by atoms with Crippen molar-refractivity contribution in [3.63, 3.8) is 0 Å². The van der Waals surface area contributed by atoms with Crippen LogP contribution >= 0.6 is 11.6 Å². The van der Waals surface area contributed by atoms with Crippen LogP contribution in [0.1, 0.15) is 5.56 Å². The van der Waals surface area contributed by atoms with E-state index in [4.69, 9.17) is 11.6 Å². The van der Waals surface area contributed by atoms with Gasteiger partial charge in [-0.05, 0) is 53.1 Å². The first-order valence-corrected chi connectivity index (χ1v) is 12.2. The lowest BCUT2D eigenvalue weighted by molar-refractivity contribution is 0.507. The van der Waals surface area contributed by atoms with Crippen LogP contribution in [-0.4, -0.2) is 24.5 Å². The SMILES string of the molecule is C=Cc1cc(-c2c(-c3ccc(S(C)(=O)=O)cc3)cnn(-c3ccc(F)c(F)c3)c2=O)ccc1Cl. The van der Waals surface area contributed by atoms with Crippen molar-refractivity contribution in [1.29, 1.82) is 0 Å². The fourth-order valence-corrected chi connectivity index (χ4v) is 4.31. The van der Waals surface area contributed by atoms with E-state index < -0.39 is 27.0 Å². The van der Waals surface area contributed by atoms with Gasteiger partial charge in [0.1, 0.15) is 0 Å². The Morgan fingerprint density at radius 2 is 1.65 bits per heavy atom. The highest BCUT2D eigenvalue weighted by molar-refractivity contribution is 7.90. The number of rotatable bonds is 5. The lowest BCUT2D eigenvalue weighted by atomic mass is 9.96. The normalized spacial score (nSPS) is 11.4. The number of hydrogen-bond acceptors (Lipinski definition) is 4. The van der Waals surface area contributed by atoms with Gasteiger partial charge in [0, 0.05) is 22.9 Å². The molecule has 0 fully saturated rings. The Morgan fingerprint density at radius 3 is 2.26 bits per heavy atom. The molecule has 34 heavy (non-hydrogen) atoms. The van der Waals surface area contributed by atoms with Crippen LogP contribution in [0.15, 0.2) is 83.1 Å². The second-order valence-corrected chi connectivity index (χ2v) is 9.91. The molecule has 9 heteroatoms. The summed E-state index contributed by atoms with van der Waals surface area (Å²) in [5.41, 5.74) is 1.71. The van der Waals surface area contributed by atoms with E-state index in [1.807, 2.05) is 0 Å².